The molecule has 1 aromatic carbocycles. The molecule has 3 rings (SSSR count). The molecular formula is C19H22Cl2N2O3. The smallest absolute Gasteiger partial charge is 0.313 e. The van der Waals surface area contributed by atoms with Crippen molar-refractivity contribution in [2.45, 2.75) is 44.6 Å². The van der Waals surface area contributed by atoms with Crippen molar-refractivity contribution < 1.29 is 14.4 Å². The van der Waals surface area contributed by atoms with Gasteiger partial charge in [0.1, 0.15) is 5.54 Å². The van der Waals surface area contributed by atoms with Gasteiger partial charge in [-0.25, -0.2) is 4.79 Å². The van der Waals surface area contributed by atoms with Gasteiger partial charge in [0.05, 0.1) is 6.54 Å². The van der Waals surface area contributed by atoms with Crippen molar-refractivity contribution >= 4 is 40.9 Å². The van der Waals surface area contributed by atoms with E-state index in [0.29, 0.717) is 10.0 Å². The van der Waals surface area contributed by atoms with Crippen LogP contribution in [0.25, 0.3) is 0 Å². The van der Waals surface area contributed by atoms with Gasteiger partial charge in [0.15, 0.2) is 5.78 Å². The van der Waals surface area contributed by atoms with Gasteiger partial charge in [-0.3, -0.25) is 14.5 Å². The lowest BCUT2D eigenvalue weighted by Crippen LogP contribution is -2.52. The quantitative estimate of drug-likeness (QED) is 0.559. The van der Waals surface area contributed by atoms with Crippen LogP contribution in [0, 0.1) is 5.92 Å². The Balaban J connectivity index is 1.83. The number of carbonyl (C=O) groups is 3. The Hall–Kier alpha value is -1.59. The first kappa shape index (κ1) is 19.2. The molecule has 1 unspecified atom stereocenters. The summed E-state index contributed by atoms with van der Waals surface area (Å²) >= 11 is 11.9. The molecule has 1 saturated carbocycles. The number of urea groups is 1. The van der Waals surface area contributed by atoms with Gasteiger partial charge in [-0.2, -0.15) is 0 Å². The molecule has 26 heavy (non-hydrogen) atoms. The molecule has 2 aliphatic rings. The minimum atomic E-state index is -0.885. The van der Waals surface area contributed by atoms with Gasteiger partial charge in [0.2, 0.25) is 0 Å². The average Bonchev–Trinajstić information content (AvgIpc) is 2.78. The number of imide groups is 1. The first-order chi connectivity index (χ1) is 12.2. The van der Waals surface area contributed by atoms with E-state index >= 15 is 0 Å². The molecule has 0 radical (unpaired) electrons. The molecule has 2 fully saturated rings. The van der Waals surface area contributed by atoms with Crippen molar-refractivity contribution in [3.8, 4) is 0 Å². The Morgan fingerprint density at radius 2 is 1.69 bits per heavy atom. The van der Waals surface area contributed by atoms with Crippen LogP contribution < -0.4 is 0 Å². The maximum absolute atomic E-state index is 13.1. The van der Waals surface area contributed by atoms with Gasteiger partial charge < -0.3 is 4.90 Å². The van der Waals surface area contributed by atoms with Crippen molar-refractivity contribution in [2.75, 3.05) is 13.6 Å². The summed E-state index contributed by atoms with van der Waals surface area (Å²) in [6.45, 7) is 1.52. The molecule has 1 atom stereocenters. The van der Waals surface area contributed by atoms with Crippen molar-refractivity contribution in [1.29, 1.82) is 0 Å². The molecule has 0 spiro atoms. The highest BCUT2D eigenvalue weighted by atomic mass is 35.5. The van der Waals surface area contributed by atoms with Gasteiger partial charge in [0.25, 0.3) is 5.91 Å². The van der Waals surface area contributed by atoms with Crippen LogP contribution >= 0.6 is 23.2 Å². The highest BCUT2D eigenvalue weighted by Gasteiger charge is 2.56. The molecule has 0 N–H and O–H groups in total. The number of hydrogen-bond donors (Lipinski definition) is 0. The summed E-state index contributed by atoms with van der Waals surface area (Å²) in [4.78, 5) is 41.0. The largest absolute Gasteiger partial charge is 0.327 e. The standard InChI is InChI=1S/C19H22Cl2N2O3/c1-19(13-6-4-3-5-7-13)17(25)23(18(26)22(19)2)11-16(24)12-8-14(20)10-15(21)9-12/h8-10,13H,3-7,11H2,1-2H3. The zero-order chi connectivity index (χ0) is 19.1. The predicted octanol–water partition coefficient (Wildman–Crippen LogP) is 4.41. The van der Waals surface area contributed by atoms with E-state index < -0.39 is 11.6 Å². The van der Waals surface area contributed by atoms with Gasteiger partial charge >= 0.3 is 6.03 Å². The average molecular weight is 397 g/mol. The number of amides is 3. The number of likely N-dealkylation sites (N-methyl/N-ethyl adjacent to an activating group) is 1. The SMILES string of the molecule is CN1C(=O)N(CC(=O)c2cc(Cl)cc(Cl)c2)C(=O)C1(C)C1CCCCC1. The van der Waals surface area contributed by atoms with Crippen LogP contribution in [0.5, 0.6) is 0 Å². The summed E-state index contributed by atoms with van der Waals surface area (Å²) in [5.41, 5.74) is -0.596. The number of nitrogens with zero attached hydrogens (tertiary/aromatic N) is 2. The Kier molecular flexibility index (Phi) is 5.31. The maximum Gasteiger partial charge on any atom is 0.327 e. The molecule has 3 amide bonds. The Morgan fingerprint density at radius 3 is 2.27 bits per heavy atom. The highest BCUT2D eigenvalue weighted by Crippen LogP contribution is 2.41. The van der Waals surface area contributed by atoms with Gasteiger partial charge in [0, 0.05) is 22.7 Å². The topological polar surface area (TPSA) is 57.7 Å². The fraction of sp³-hybridized carbons (Fsp3) is 0.526. The van der Waals surface area contributed by atoms with Crippen molar-refractivity contribution in [3.63, 3.8) is 0 Å². The van der Waals surface area contributed by atoms with Gasteiger partial charge in [-0.05, 0) is 43.9 Å². The fourth-order valence-corrected chi connectivity index (χ4v) is 4.61. The van der Waals surface area contributed by atoms with Crippen LogP contribution in [-0.4, -0.2) is 46.7 Å². The maximum atomic E-state index is 13.1. The van der Waals surface area contributed by atoms with E-state index in [-0.39, 0.29) is 29.7 Å². The minimum absolute atomic E-state index is 0.124. The zero-order valence-corrected chi connectivity index (χ0v) is 16.4. The minimum Gasteiger partial charge on any atom is -0.313 e. The van der Waals surface area contributed by atoms with Crippen molar-refractivity contribution in [3.05, 3.63) is 33.8 Å². The summed E-state index contributed by atoms with van der Waals surface area (Å²) in [6.07, 6.45) is 5.14. The summed E-state index contributed by atoms with van der Waals surface area (Å²) in [5.74, 6) is -0.533. The second-order valence-electron chi connectivity index (χ2n) is 7.30. The van der Waals surface area contributed by atoms with Crippen LogP contribution in [-0.2, 0) is 4.79 Å². The number of benzene rings is 1. The summed E-state index contributed by atoms with van der Waals surface area (Å²) in [6, 6.07) is 4.08. The molecule has 5 nitrogen and oxygen atoms in total. The molecule has 1 aromatic rings. The first-order valence-corrected chi connectivity index (χ1v) is 9.59. The predicted molar refractivity (Wildman–Crippen MR) is 101 cm³/mol. The number of rotatable bonds is 4. The molecule has 1 saturated heterocycles. The number of halogens is 2. The molecule has 0 aromatic heterocycles. The normalized spacial score (nSPS) is 24.5. The number of Topliss-reactive ketones (excluding diaryl/α,β-unsaturated/α-hetero) is 1. The van der Waals surface area contributed by atoms with Crippen LogP contribution in [0.2, 0.25) is 10.0 Å². The molecule has 7 heteroatoms. The molecule has 1 aliphatic heterocycles. The van der Waals surface area contributed by atoms with E-state index in [4.69, 9.17) is 23.2 Å². The molecule has 1 aliphatic carbocycles. The lowest BCUT2D eigenvalue weighted by molar-refractivity contribution is -0.135. The van der Waals surface area contributed by atoms with Crippen LogP contribution in [0.1, 0.15) is 49.4 Å². The third-order valence-corrected chi connectivity index (χ3v) is 6.22. The lowest BCUT2D eigenvalue weighted by atomic mass is 9.75. The molecule has 140 valence electrons. The van der Waals surface area contributed by atoms with E-state index in [0.717, 1.165) is 37.0 Å². The van der Waals surface area contributed by atoms with Gasteiger partial charge in [-0.1, -0.05) is 42.5 Å². The third-order valence-electron chi connectivity index (χ3n) is 5.78. The highest BCUT2D eigenvalue weighted by molar-refractivity contribution is 6.35. The summed E-state index contributed by atoms with van der Waals surface area (Å²) < 4.78 is 0. The Bertz CT molecular complexity index is 741. The van der Waals surface area contributed by atoms with E-state index in [1.54, 1.807) is 7.05 Å². The molecule has 1 heterocycles. The Labute approximate surface area is 163 Å². The Morgan fingerprint density at radius 1 is 1.12 bits per heavy atom. The lowest BCUT2D eigenvalue weighted by Gasteiger charge is -2.38. The zero-order valence-electron chi connectivity index (χ0n) is 14.9. The summed E-state index contributed by atoms with van der Waals surface area (Å²) in [7, 11) is 1.65. The van der Waals surface area contributed by atoms with Crippen LogP contribution in [0.3, 0.4) is 0 Å². The van der Waals surface area contributed by atoms with Gasteiger partial charge in [-0.15, -0.1) is 0 Å². The second-order valence-corrected chi connectivity index (χ2v) is 8.17. The van der Waals surface area contributed by atoms with Crippen LogP contribution in [0.4, 0.5) is 4.79 Å². The van der Waals surface area contributed by atoms with Crippen molar-refractivity contribution in [2.24, 2.45) is 5.92 Å². The molecule has 0 bridgehead atoms. The van der Waals surface area contributed by atoms with E-state index in [1.165, 1.54) is 23.1 Å². The van der Waals surface area contributed by atoms with E-state index in [9.17, 15) is 14.4 Å². The number of carbonyl (C=O) groups excluding carboxylic acids is 3. The fourth-order valence-electron chi connectivity index (χ4n) is 4.09. The molecular weight excluding hydrogens is 375 g/mol. The second kappa shape index (κ2) is 7.20. The van der Waals surface area contributed by atoms with Crippen molar-refractivity contribution in [1.82, 2.24) is 9.80 Å². The van der Waals surface area contributed by atoms with E-state index in [2.05, 4.69) is 0 Å². The van der Waals surface area contributed by atoms with E-state index in [1.807, 2.05) is 6.92 Å². The number of ketones is 1. The first-order valence-electron chi connectivity index (χ1n) is 8.84. The number of hydrogen-bond acceptors (Lipinski definition) is 3. The van der Waals surface area contributed by atoms with Crippen LogP contribution in [0.15, 0.2) is 18.2 Å². The summed E-state index contributed by atoms with van der Waals surface area (Å²) in [5, 5.41) is 0.674. The third kappa shape index (κ3) is 3.23. The monoisotopic (exact) mass is 396 g/mol.